The summed E-state index contributed by atoms with van der Waals surface area (Å²) in [6, 6.07) is 19.8. The minimum Gasteiger partial charge on any atom is -0.452 e. The maximum Gasteiger partial charge on any atom is 0.340 e. The predicted molar refractivity (Wildman–Crippen MR) is 151 cm³/mol. The zero-order chi connectivity index (χ0) is 28.6. The van der Waals surface area contributed by atoms with Gasteiger partial charge < -0.3 is 9.64 Å². The van der Waals surface area contributed by atoms with Gasteiger partial charge in [0.05, 0.1) is 26.9 Å². The quantitative estimate of drug-likeness (QED) is 0.333. The Morgan fingerprint density at radius 2 is 1.73 bits per heavy atom. The largest absolute Gasteiger partial charge is 0.452 e. The number of amides is 1. The van der Waals surface area contributed by atoms with Crippen molar-refractivity contribution in [2.45, 2.75) is 18.2 Å². The number of nitrogens with zero attached hydrogens (tertiary/aromatic N) is 3. The summed E-state index contributed by atoms with van der Waals surface area (Å²) in [6.45, 7) is 1.54. The third kappa shape index (κ3) is 5.01. The number of benzene rings is 3. The number of nitrogens with one attached hydrogen (secondary N) is 1. The summed E-state index contributed by atoms with van der Waals surface area (Å²) in [5.41, 5.74) is 1.81. The van der Waals surface area contributed by atoms with E-state index in [4.69, 9.17) is 16.3 Å². The monoisotopic (exact) mass is 580 g/mol. The van der Waals surface area contributed by atoms with Crippen molar-refractivity contribution < 1.29 is 22.7 Å². The highest BCUT2D eigenvalue weighted by molar-refractivity contribution is 7.92. The summed E-state index contributed by atoms with van der Waals surface area (Å²) in [5.74, 6) is -1.36. The molecule has 1 amide bonds. The number of sulfonamides is 1. The van der Waals surface area contributed by atoms with Crippen LogP contribution in [-0.4, -0.2) is 42.8 Å². The molecule has 5 rings (SSSR count). The topological polar surface area (TPSA) is 120 Å². The zero-order valence-corrected chi connectivity index (χ0v) is 23.2. The molecule has 0 aliphatic carbocycles. The van der Waals surface area contributed by atoms with Crippen LogP contribution in [0.15, 0.2) is 82.5 Å². The maximum atomic E-state index is 13.3. The van der Waals surface area contributed by atoms with Crippen molar-refractivity contribution in [3.8, 4) is 5.69 Å². The molecule has 1 N–H and O–H groups in total. The molecule has 0 saturated carbocycles. The number of aromatic nitrogens is 2. The van der Waals surface area contributed by atoms with Gasteiger partial charge in [0.2, 0.25) is 0 Å². The van der Waals surface area contributed by atoms with E-state index in [9.17, 15) is 22.8 Å². The fraction of sp³-hybridized carbons (Fsp3) is 0.179. The molecule has 0 fully saturated rings. The number of para-hydroxylation sites is 2. The Bertz CT molecular complexity index is 1800. The summed E-state index contributed by atoms with van der Waals surface area (Å²) in [5, 5.41) is -0.0507. The van der Waals surface area contributed by atoms with Crippen LogP contribution in [0.1, 0.15) is 21.6 Å². The van der Waals surface area contributed by atoms with E-state index in [-0.39, 0.29) is 21.2 Å². The first-order valence-corrected chi connectivity index (χ1v) is 14.2. The molecule has 206 valence electrons. The number of rotatable bonds is 7. The van der Waals surface area contributed by atoms with Crippen molar-refractivity contribution in [1.29, 1.82) is 0 Å². The zero-order valence-electron chi connectivity index (χ0n) is 21.6. The van der Waals surface area contributed by atoms with Crippen LogP contribution in [0.25, 0.3) is 5.69 Å². The molecule has 1 aliphatic rings. The van der Waals surface area contributed by atoms with Gasteiger partial charge in [0, 0.05) is 19.3 Å². The van der Waals surface area contributed by atoms with E-state index in [0.29, 0.717) is 24.3 Å². The Hall–Kier alpha value is -4.35. The minimum absolute atomic E-state index is 0.0507. The van der Waals surface area contributed by atoms with Crippen molar-refractivity contribution in [3.63, 3.8) is 0 Å². The van der Waals surface area contributed by atoms with Gasteiger partial charge in [-0.25, -0.2) is 17.9 Å². The first-order valence-electron chi connectivity index (χ1n) is 12.3. The average molecular weight is 581 g/mol. The van der Waals surface area contributed by atoms with Gasteiger partial charge >= 0.3 is 5.97 Å². The van der Waals surface area contributed by atoms with E-state index in [1.165, 1.54) is 21.5 Å². The first kappa shape index (κ1) is 27.2. The molecule has 4 aromatic rings. The lowest BCUT2D eigenvalue weighted by atomic mass is 10.2. The molecule has 0 spiro atoms. The van der Waals surface area contributed by atoms with Crippen molar-refractivity contribution in [2.24, 2.45) is 7.05 Å². The molecule has 1 aliphatic heterocycles. The fourth-order valence-electron chi connectivity index (χ4n) is 4.59. The first-order chi connectivity index (χ1) is 19.1. The number of hydrogen-bond acceptors (Lipinski definition) is 6. The number of ether oxygens (including phenoxy) is 1. The van der Waals surface area contributed by atoms with Gasteiger partial charge in [-0.2, -0.15) is 0 Å². The lowest BCUT2D eigenvalue weighted by Gasteiger charge is -2.17. The molecule has 0 unspecified atom stereocenters. The molecule has 12 heteroatoms. The Morgan fingerprint density at radius 3 is 2.48 bits per heavy atom. The van der Waals surface area contributed by atoms with Crippen LogP contribution in [0, 0.1) is 6.92 Å². The SMILES string of the molecule is Cc1c(NS(=O)(=O)c2ccc(Cl)c(C(=O)OCC(=O)N3CCc4ccccc43)c2)c(=O)n(-c2ccccc2)n1C. The van der Waals surface area contributed by atoms with Crippen LogP contribution in [0.5, 0.6) is 0 Å². The van der Waals surface area contributed by atoms with E-state index >= 15 is 0 Å². The number of esters is 1. The van der Waals surface area contributed by atoms with Crippen LogP contribution in [-0.2, 0) is 33.0 Å². The molecule has 0 radical (unpaired) electrons. The molecule has 2 heterocycles. The summed E-state index contributed by atoms with van der Waals surface area (Å²) < 4.78 is 37.0. The molecule has 3 aromatic carbocycles. The van der Waals surface area contributed by atoms with E-state index < -0.39 is 34.1 Å². The van der Waals surface area contributed by atoms with Crippen molar-refractivity contribution >= 4 is 44.9 Å². The second-order valence-corrected chi connectivity index (χ2v) is 11.3. The van der Waals surface area contributed by atoms with Crippen LogP contribution in [0.2, 0.25) is 5.02 Å². The van der Waals surface area contributed by atoms with Crippen molar-refractivity contribution in [1.82, 2.24) is 9.36 Å². The second-order valence-electron chi connectivity index (χ2n) is 9.18. The third-order valence-corrected chi connectivity index (χ3v) is 8.45. The van der Waals surface area contributed by atoms with Gasteiger partial charge in [-0.3, -0.25) is 19.0 Å². The van der Waals surface area contributed by atoms with E-state index in [0.717, 1.165) is 17.3 Å². The molecule has 0 atom stereocenters. The van der Waals surface area contributed by atoms with Crippen LogP contribution in [0.4, 0.5) is 11.4 Å². The average Bonchev–Trinajstić information content (AvgIpc) is 3.47. The highest BCUT2D eigenvalue weighted by atomic mass is 35.5. The van der Waals surface area contributed by atoms with Gasteiger partial charge in [0.15, 0.2) is 6.61 Å². The molecule has 0 saturated heterocycles. The van der Waals surface area contributed by atoms with E-state index in [2.05, 4.69) is 4.72 Å². The minimum atomic E-state index is -4.31. The smallest absolute Gasteiger partial charge is 0.340 e. The van der Waals surface area contributed by atoms with Crippen LogP contribution >= 0.6 is 11.6 Å². The van der Waals surface area contributed by atoms with Gasteiger partial charge in [0.25, 0.3) is 21.5 Å². The normalized spacial score (nSPS) is 12.7. The number of carbonyl (C=O) groups is 2. The summed E-state index contributed by atoms with van der Waals surface area (Å²) in [7, 11) is -2.67. The molecular formula is C28H25ClN4O6S. The number of fused-ring (bicyclic) bond motifs is 1. The molecule has 1 aromatic heterocycles. The highest BCUT2D eigenvalue weighted by Crippen LogP contribution is 2.28. The predicted octanol–water partition coefficient (Wildman–Crippen LogP) is 3.68. The number of anilines is 2. The summed E-state index contributed by atoms with van der Waals surface area (Å²) in [4.78, 5) is 40.0. The van der Waals surface area contributed by atoms with Gasteiger partial charge in [-0.1, -0.05) is 48.0 Å². The third-order valence-electron chi connectivity index (χ3n) is 6.77. The van der Waals surface area contributed by atoms with Crippen LogP contribution in [0.3, 0.4) is 0 Å². The number of carbonyl (C=O) groups excluding carboxylic acids is 2. The van der Waals surface area contributed by atoms with Gasteiger partial charge in [-0.05, 0) is 55.3 Å². The van der Waals surface area contributed by atoms with Gasteiger partial charge in [-0.15, -0.1) is 0 Å². The fourth-order valence-corrected chi connectivity index (χ4v) is 5.92. The van der Waals surface area contributed by atoms with E-state index in [1.807, 2.05) is 24.3 Å². The van der Waals surface area contributed by atoms with Crippen LogP contribution < -0.4 is 15.2 Å². The van der Waals surface area contributed by atoms with Crippen molar-refractivity contribution in [2.75, 3.05) is 22.8 Å². The molecule has 40 heavy (non-hydrogen) atoms. The Morgan fingerprint density at radius 1 is 1.02 bits per heavy atom. The summed E-state index contributed by atoms with van der Waals surface area (Å²) in [6.07, 6.45) is 0.700. The van der Waals surface area contributed by atoms with Gasteiger partial charge in [0.1, 0.15) is 5.69 Å². The molecule has 0 bridgehead atoms. The lowest BCUT2D eigenvalue weighted by Crippen LogP contribution is -2.33. The Kier molecular flexibility index (Phi) is 7.26. The highest BCUT2D eigenvalue weighted by Gasteiger charge is 2.27. The Balaban J connectivity index is 1.35. The molecule has 10 nitrogen and oxygen atoms in total. The standard InChI is InChI=1S/C28H25ClN4O6S/c1-18-26(27(35)33(31(18)2)20-9-4-3-5-10-20)30-40(37,38)21-12-13-23(29)22(16-21)28(36)39-17-25(34)32-15-14-19-8-6-7-11-24(19)32/h3-13,16,30H,14-15,17H2,1-2H3. The lowest BCUT2D eigenvalue weighted by molar-refractivity contribution is -0.121. The second kappa shape index (κ2) is 10.7. The van der Waals surface area contributed by atoms with E-state index in [1.54, 1.807) is 49.2 Å². The maximum absolute atomic E-state index is 13.3. The van der Waals surface area contributed by atoms with Crippen molar-refractivity contribution in [3.05, 3.63) is 105 Å². The number of halogens is 1. The molecular weight excluding hydrogens is 556 g/mol. The Labute approximate surface area is 235 Å². The number of hydrogen-bond donors (Lipinski definition) is 1. The summed E-state index contributed by atoms with van der Waals surface area (Å²) >= 11 is 6.19.